The van der Waals surface area contributed by atoms with Crippen LogP contribution in [-0.4, -0.2) is 24.2 Å². The van der Waals surface area contributed by atoms with Gasteiger partial charge in [-0.15, -0.1) is 0 Å². The molecule has 8 heteroatoms. The summed E-state index contributed by atoms with van der Waals surface area (Å²) < 4.78 is 10.6. The quantitative estimate of drug-likeness (QED) is 0.595. The summed E-state index contributed by atoms with van der Waals surface area (Å²) in [6, 6.07) is 12.5. The molecule has 0 unspecified atom stereocenters. The highest BCUT2D eigenvalue weighted by atomic mass is 35.5. The molecule has 2 aromatic carbocycles. The molecular weight excluding hydrogens is 375 g/mol. The van der Waals surface area contributed by atoms with E-state index in [1.165, 1.54) is 0 Å². The fraction of sp³-hybridized carbons (Fsp3) is 0.111. The molecule has 0 atom stereocenters. The maximum Gasteiger partial charge on any atom is 0.229 e. The summed E-state index contributed by atoms with van der Waals surface area (Å²) in [6.45, 7) is 0. The van der Waals surface area contributed by atoms with Crippen molar-refractivity contribution in [2.45, 2.75) is 0 Å². The van der Waals surface area contributed by atoms with Gasteiger partial charge in [-0.1, -0.05) is 23.2 Å². The van der Waals surface area contributed by atoms with Crippen LogP contribution in [0.4, 0.5) is 23.1 Å². The Bertz CT molecular complexity index is 904. The highest BCUT2D eigenvalue weighted by Crippen LogP contribution is 2.36. The van der Waals surface area contributed by atoms with Crippen LogP contribution in [0.3, 0.4) is 0 Å². The second-order valence-electron chi connectivity index (χ2n) is 5.21. The van der Waals surface area contributed by atoms with E-state index in [0.717, 1.165) is 5.69 Å². The lowest BCUT2D eigenvalue weighted by molar-refractivity contribution is 0.405. The van der Waals surface area contributed by atoms with Crippen molar-refractivity contribution in [3.63, 3.8) is 0 Å². The largest absolute Gasteiger partial charge is 0.495 e. The van der Waals surface area contributed by atoms with Crippen molar-refractivity contribution in [1.29, 1.82) is 0 Å². The second kappa shape index (κ2) is 8.12. The number of anilines is 4. The summed E-state index contributed by atoms with van der Waals surface area (Å²) in [4.78, 5) is 8.67. The predicted octanol–water partition coefficient (Wildman–Crippen LogP) is 5.29. The van der Waals surface area contributed by atoms with E-state index in [-0.39, 0.29) is 0 Å². The molecule has 0 fully saturated rings. The van der Waals surface area contributed by atoms with E-state index in [1.54, 1.807) is 50.7 Å². The lowest BCUT2D eigenvalue weighted by Gasteiger charge is -2.13. The number of hydrogen-bond acceptors (Lipinski definition) is 6. The topological polar surface area (TPSA) is 68.3 Å². The van der Waals surface area contributed by atoms with E-state index in [9.17, 15) is 0 Å². The Kier molecular flexibility index (Phi) is 5.65. The van der Waals surface area contributed by atoms with Gasteiger partial charge in [-0.05, 0) is 30.3 Å². The van der Waals surface area contributed by atoms with Crippen molar-refractivity contribution in [3.05, 3.63) is 58.7 Å². The molecule has 134 valence electrons. The maximum atomic E-state index is 6.13. The van der Waals surface area contributed by atoms with Crippen molar-refractivity contribution in [2.75, 3.05) is 24.9 Å². The molecule has 1 heterocycles. The fourth-order valence-electron chi connectivity index (χ4n) is 2.25. The van der Waals surface area contributed by atoms with Gasteiger partial charge in [0.1, 0.15) is 17.3 Å². The number of nitrogens with zero attached hydrogens (tertiary/aromatic N) is 2. The lowest BCUT2D eigenvalue weighted by Crippen LogP contribution is -2.02. The summed E-state index contributed by atoms with van der Waals surface area (Å²) in [5.41, 5.74) is 1.50. The molecule has 0 aliphatic heterocycles. The van der Waals surface area contributed by atoms with Gasteiger partial charge in [0.15, 0.2) is 0 Å². The van der Waals surface area contributed by atoms with Crippen LogP contribution in [0.15, 0.2) is 48.7 Å². The number of hydrogen-bond donors (Lipinski definition) is 2. The number of rotatable bonds is 6. The SMILES string of the molecule is COc1cc(Nc2nccc(Nc3ccc(Cl)cc3)n2)c(OC)cc1Cl. The van der Waals surface area contributed by atoms with Crippen LogP contribution in [0.1, 0.15) is 0 Å². The van der Waals surface area contributed by atoms with Crippen molar-refractivity contribution < 1.29 is 9.47 Å². The molecule has 3 rings (SSSR count). The van der Waals surface area contributed by atoms with Crippen molar-refractivity contribution in [1.82, 2.24) is 9.97 Å². The molecule has 0 aliphatic rings. The van der Waals surface area contributed by atoms with E-state index >= 15 is 0 Å². The molecule has 3 aromatic rings. The van der Waals surface area contributed by atoms with E-state index < -0.39 is 0 Å². The average molecular weight is 391 g/mol. The molecule has 0 spiro atoms. The van der Waals surface area contributed by atoms with Gasteiger partial charge in [0.05, 0.1) is 24.9 Å². The van der Waals surface area contributed by atoms with Crippen molar-refractivity contribution >= 4 is 46.3 Å². The van der Waals surface area contributed by atoms with E-state index in [0.29, 0.717) is 39.0 Å². The first kappa shape index (κ1) is 18.1. The highest BCUT2D eigenvalue weighted by Gasteiger charge is 2.11. The van der Waals surface area contributed by atoms with Gasteiger partial charge in [0, 0.05) is 29.0 Å². The minimum Gasteiger partial charge on any atom is -0.495 e. The van der Waals surface area contributed by atoms with Crippen LogP contribution in [0.25, 0.3) is 0 Å². The molecule has 1 aromatic heterocycles. The van der Waals surface area contributed by atoms with Gasteiger partial charge in [-0.25, -0.2) is 4.98 Å². The van der Waals surface area contributed by atoms with Crippen LogP contribution in [-0.2, 0) is 0 Å². The van der Waals surface area contributed by atoms with Gasteiger partial charge in [-0.3, -0.25) is 0 Å². The third-order valence-electron chi connectivity index (χ3n) is 3.49. The lowest BCUT2D eigenvalue weighted by atomic mass is 10.2. The minimum absolute atomic E-state index is 0.395. The van der Waals surface area contributed by atoms with Crippen LogP contribution < -0.4 is 20.1 Å². The normalized spacial score (nSPS) is 10.3. The van der Waals surface area contributed by atoms with Gasteiger partial charge in [0.25, 0.3) is 0 Å². The predicted molar refractivity (Wildman–Crippen MR) is 105 cm³/mol. The Labute approximate surface area is 161 Å². The van der Waals surface area contributed by atoms with Gasteiger partial charge >= 0.3 is 0 Å². The number of halogens is 2. The first-order chi connectivity index (χ1) is 12.6. The molecular formula is C18H16Cl2N4O2. The molecule has 2 N–H and O–H groups in total. The first-order valence-corrected chi connectivity index (χ1v) is 8.39. The van der Waals surface area contributed by atoms with Crippen molar-refractivity contribution in [3.8, 4) is 11.5 Å². The summed E-state index contributed by atoms with van der Waals surface area (Å²) in [6.07, 6.45) is 1.65. The third-order valence-corrected chi connectivity index (χ3v) is 4.04. The summed E-state index contributed by atoms with van der Waals surface area (Å²) >= 11 is 12.0. The Morgan fingerprint density at radius 1 is 0.885 bits per heavy atom. The maximum absolute atomic E-state index is 6.13. The van der Waals surface area contributed by atoms with Crippen LogP contribution in [0.5, 0.6) is 11.5 Å². The van der Waals surface area contributed by atoms with E-state index in [4.69, 9.17) is 32.7 Å². The average Bonchev–Trinajstić information content (AvgIpc) is 2.65. The first-order valence-electron chi connectivity index (χ1n) is 7.63. The minimum atomic E-state index is 0.395. The van der Waals surface area contributed by atoms with Crippen LogP contribution in [0, 0.1) is 0 Å². The summed E-state index contributed by atoms with van der Waals surface area (Å²) in [7, 11) is 3.10. The second-order valence-corrected chi connectivity index (χ2v) is 6.05. The zero-order valence-electron chi connectivity index (χ0n) is 14.1. The van der Waals surface area contributed by atoms with Gasteiger partial charge in [-0.2, -0.15) is 4.98 Å². The van der Waals surface area contributed by atoms with E-state index in [2.05, 4.69) is 20.6 Å². The number of methoxy groups -OCH3 is 2. The molecule has 0 bridgehead atoms. The monoisotopic (exact) mass is 390 g/mol. The number of aromatic nitrogens is 2. The molecule has 0 amide bonds. The highest BCUT2D eigenvalue weighted by molar-refractivity contribution is 6.32. The number of nitrogens with one attached hydrogen (secondary N) is 2. The molecule has 0 saturated carbocycles. The Balaban J connectivity index is 1.83. The Morgan fingerprint density at radius 2 is 1.62 bits per heavy atom. The summed E-state index contributed by atoms with van der Waals surface area (Å²) in [5.74, 6) is 2.09. The molecule has 0 aliphatic carbocycles. The summed E-state index contributed by atoms with van der Waals surface area (Å²) in [5, 5.41) is 7.43. The van der Waals surface area contributed by atoms with Crippen LogP contribution >= 0.6 is 23.2 Å². The molecule has 26 heavy (non-hydrogen) atoms. The standard InChI is InChI=1S/C18H16Cl2N4O2/c1-25-15-10-14(16(26-2)9-13(15)20)23-18-21-8-7-17(24-18)22-12-5-3-11(19)4-6-12/h3-10H,1-2H3,(H2,21,22,23,24). The zero-order valence-corrected chi connectivity index (χ0v) is 15.6. The molecule has 0 saturated heterocycles. The van der Waals surface area contributed by atoms with Crippen molar-refractivity contribution in [2.24, 2.45) is 0 Å². The van der Waals surface area contributed by atoms with Crippen LogP contribution in [0.2, 0.25) is 10.0 Å². The van der Waals surface area contributed by atoms with E-state index in [1.807, 2.05) is 12.1 Å². The number of ether oxygens (including phenoxy) is 2. The zero-order chi connectivity index (χ0) is 18.5. The Hall–Kier alpha value is -2.70. The van der Waals surface area contributed by atoms with Gasteiger partial charge < -0.3 is 20.1 Å². The fourth-order valence-corrected chi connectivity index (χ4v) is 2.61. The Morgan fingerprint density at radius 3 is 2.31 bits per heavy atom. The molecule has 6 nitrogen and oxygen atoms in total. The van der Waals surface area contributed by atoms with Gasteiger partial charge in [0.2, 0.25) is 5.95 Å². The smallest absolute Gasteiger partial charge is 0.229 e. The third kappa shape index (κ3) is 4.28. The number of benzene rings is 2. The molecule has 0 radical (unpaired) electrons.